The summed E-state index contributed by atoms with van der Waals surface area (Å²) >= 11 is 0. The van der Waals surface area contributed by atoms with Gasteiger partial charge in [0.05, 0.1) is 16.9 Å². The van der Waals surface area contributed by atoms with Crippen molar-refractivity contribution in [3.8, 4) is 0 Å². The molecule has 98 valence electrons. The zero-order valence-corrected chi connectivity index (χ0v) is 10.8. The van der Waals surface area contributed by atoms with Crippen LogP contribution in [-0.2, 0) is 0 Å². The van der Waals surface area contributed by atoms with Gasteiger partial charge >= 0.3 is 0 Å². The predicted molar refractivity (Wildman–Crippen MR) is 74.7 cm³/mol. The normalized spacial score (nSPS) is 10.3. The summed E-state index contributed by atoms with van der Waals surface area (Å²) in [6, 6.07) is 9.71. The maximum absolute atomic E-state index is 13.6. The third kappa shape index (κ3) is 2.91. The van der Waals surface area contributed by atoms with Crippen LogP contribution in [0.4, 0.5) is 15.8 Å². The molecule has 0 fully saturated rings. The lowest BCUT2D eigenvalue weighted by atomic mass is 10.1. The second-order valence-electron chi connectivity index (χ2n) is 4.53. The lowest BCUT2D eigenvalue weighted by Gasteiger charge is -2.10. The van der Waals surface area contributed by atoms with E-state index in [1.807, 2.05) is 13.0 Å². The summed E-state index contributed by atoms with van der Waals surface area (Å²) in [6.45, 7) is 3.69. The number of nitrogens with two attached hydrogens (primary N) is 1. The van der Waals surface area contributed by atoms with Gasteiger partial charge in [-0.3, -0.25) is 4.79 Å². The van der Waals surface area contributed by atoms with Crippen molar-refractivity contribution in [2.45, 2.75) is 13.8 Å². The monoisotopic (exact) mass is 258 g/mol. The van der Waals surface area contributed by atoms with Gasteiger partial charge in [0.15, 0.2) is 0 Å². The largest absolute Gasteiger partial charge is 0.397 e. The molecule has 0 atom stereocenters. The Morgan fingerprint density at radius 2 is 1.74 bits per heavy atom. The fourth-order valence-corrected chi connectivity index (χ4v) is 1.78. The van der Waals surface area contributed by atoms with E-state index >= 15 is 0 Å². The minimum absolute atomic E-state index is 0.0147. The second kappa shape index (κ2) is 5.10. The van der Waals surface area contributed by atoms with E-state index in [4.69, 9.17) is 5.73 Å². The van der Waals surface area contributed by atoms with Crippen LogP contribution in [0, 0.1) is 19.7 Å². The number of nitrogens with one attached hydrogen (secondary N) is 1. The first-order valence-corrected chi connectivity index (χ1v) is 5.91. The minimum atomic E-state index is -0.547. The number of aryl methyl sites for hydroxylation is 2. The van der Waals surface area contributed by atoms with Gasteiger partial charge in [-0.05, 0) is 43.7 Å². The first-order valence-electron chi connectivity index (χ1n) is 5.91. The molecule has 2 aromatic carbocycles. The molecule has 0 aromatic heterocycles. The lowest BCUT2D eigenvalue weighted by Crippen LogP contribution is -2.15. The highest BCUT2D eigenvalue weighted by atomic mass is 19.1. The number of anilines is 2. The highest BCUT2D eigenvalue weighted by molar-refractivity contribution is 6.06. The highest BCUT2D eigenvalue weighted by Gasteiger charge is 2.13. The first-order chi connectivity index (χ1) is 8.97. The summed E-state index contributed by atoms with van der Waals surface area (Å²) in [5.41, 5.74) is 8.52. The van der Waals surface area contributed by atoms with Crippen LogP contribution in [0.1, 0.15) is 21.5 Å². The van der Waals surface area contributed by atoms with E-state index in [1.54, 1.807) is 25.1 Å². The lowest BCUT2D eigenvalue weighted by molar-refractivity contribution is 0.102. The Morgan fingerprint density at radius 3 is 2.47 bits per heavy atom. The molecule has 0 spiro atoms. The zero-order chi connectivity index (χ0) is 14.0. The quantitative estimate of drug-likeness (QED) is 0.812. The van der Waals surface area contributed by atoms with Crippen LogP contribution in [-0.4, -0.2) is 5.91 Å². The molecule has 0 radical (unpaired) electrons. The van der Waals surface area contributed by atoms with Gasteiger partial charge in [-0.2, -0.15) is 0 Å². The number of nitrogen functional groups attached to an aromatic ring is 1. The fraction of sp³-hybridized carbons (Fsp3) is 0.133. The summed E-state index contributed by atoms with van der Waals surface area (Å²) < 4.78 is 13.6. The smallest absolute Gasteiger partial charge is 0.258 e. The third-order valence-electron chi connectivity index (χ3n) is 2.82. The maximum atomic E-state index is 13.6. The summed E-state index contributed by atoms with van der Waals surface area (Å²) in [6.07, 6.45) is 0. The van der Waals surface area contributed by atoms with Crippen LogP contribution in [0.5, 0.6) is 0 Å². The Bertz CT molecular complexity index is 638. The summed E-state index contributed by atoms with van der Waals surface area (Å²) in [4.78, 5) is 12.0. The number of carbonyl (C=O) groups excluding carboxylic acids is 1. The van der Waals surface area contributed by atoms with E-state index < -0.39 is 11.7 Å². The molecule has 0 unspecified atom stereocenters. The molecule has 4 heteroatoms. The molecular formula is C15H15FN2O. The van der Waals surface area contributed by atoms with Crippen molar-refractivity contribution in [1.82, 2.24) is 0 Å². The molecule has 0 aliphatic heterocycles. The van der Waals surface area contributed by atoms with Gasteiger partial charge in [0.1, 0.15) is 5.82 Å². The van der Waals surface area contributed by atoms with Gasteiger partial charge in [-0.25, -0.2) is 4.39 Å². The molecule has 0 aliphatic carbocycles. The van der Waals surface area contributed by atoms with Crippen LogP contribution < -0.4 is 11.1 Å². The topological polar surface area (TPSA) is 55.1 Å². The Kier molecular flexibility index (Phi) is 3.51. The van der Waals surface area contributed by atoms with Crippen LogP contribution in [0.3, 0.4) is 0 Å². The van der Waals surface area contributed by atoms with Gasteiger partial charge in [-0.15, -0.1) is 0 Å². The highest BCUT2D eigenvalue weighted by Crippen LogP contribution is 2.21. The fourth-order valence-electron chi connectivity index (χ4n) is 1.78. The van der Waals surface area contributed by atoms with Gasteiger partial charge in [0, 0.05) is 0 Å². The molecule has 0 heterocycles. The molecule has 0 saturated heterocycles. The van der Waals surface area contributed by atoms with E-state index in [9.17, 15) is 9.18 Å². The Hall–Kier alpha value is -2.36. The summed E-state index contributed by atoms with van der Waals surface area (Å²) in [5, 5.41) is 2.63. The molecule has 19 heavy (non-hydrogen) atoms. The number of hydrogen-bond acceptors (Lipinski definition) is 2. The third-order valence-corrected chi connectivity index (χ3v) is 2.82. The Morgan fingerprint density at radius 1 is 1.11 bits per heavy atom. The van der Waals surface area contributed by atoms with Crippen molar-refractivity contribution < 1.29 is 9.18 Å². The zero-order valence-electron chi connectivity index (χ0n) is 10.8. The summed E-state index contributed by atoms with van der Waals surface area (Å²) in [5.74, 6) is -1.05. The van der Waals surface area contributed by atoms with Gasteiger partial charge < -0.3 is 11.1 Å². The van der Waals surface area contributed by atoms with Crippen molar-refractivity contribution >= 4 is 17.3 Å². The average molecular weight is 258 g/mol. The van der Waals surface area contributed by atoms with Crippen LogP contribution in [0.2, 0.25) is 0 Å². The van der Waals surface area contributed by atoms with Crippen molar-refractivity contribution in [1.29, 1.82) is 0 Å². The van der Waals surface area contributed by atoms with Gasteiger partial charge in [0.2, 0.25) is 0 Å². The molecule has 1 amide bonds. The first kappa shape index (κ1) is 13.1. The number of amides is 1. The number of hydrogen-bond donors (Lipinski definition) is 2. The standard InChI is InChI=1S/C15H15FN2O/c1-9-3-5-12(16)11(7-9)15(19)18-14-8-10(2)4-6-13(14)17/h3-8H,17H2,1-2H3,(H,18,19). The molecule has 3 N–H and O–H groups in total. The number of carbonyl (C=O) groups is 1. The molecule has 0 saturated carbocycles. The number of halogens is 1. The molecule has 2 aromatic rings. The maximum Gasteiger partial charge on any atom is 0.258 e. The second-order valence-corrected chi connectivity index (χ2v) is 4.53. The molecule has 0 aliphatic rings. The van der Waals surface area contributed by atoms with Crippen LogP contribution in [0.15, 0.2) is 36.4 Å². The van der Waals surface area contributed by atoms with Crippen LogP contribution in [0.25, 0.3) is 0 Å². The van der Waals surface area contributed by atoms with Gasteiger partial charge in [-0.1, -0.05) is 17.7 Å². The Balaban J connectivity index is 2.30. The van der Waals surface area contributed by atoms with E-state index in [2.05, 4.69) is 5.32 Å². The molecule has 3 nitrogen and oxygen atoms in total. The van der Waals surface area contributed by atoms with Crippen molar-refractivity contribution in [2.24, 2.45) is 0 Å². The molecule has 2 rings (SSSR count). The van der Waals surface area contributed by atoms with Crippen LogP contribution >= 0.6 is 0 Å². The van der Waals surface area contributed by atoms with Crippen molar-refractivity contribution in [2.75, 3.05) is 11.1 Å². The number of rotatable bonds is 2. The van der Waals surface area contributed by atoms with E-state index in [0.29, 0.717) is 11.4 Å². The van der Waals surface area contributed by atoms with E-state index in [0.717, 1.165) is 11.1 Å². The van der Waals surface area contributed by atoms with E-state index in [1.165, 1.54) is 12.1 Å². The van der Waals surface area contributed by atoms with E-state index in [-0.39, 0.29) is 5.56 Å². The van der Waals surface area contributed by atoms with Crippen molar-refractivity contribution in [3.63, 3.8) is 0 Å². The average Bonchev–Trinajstić information content (AvgIpc) is 2.36. The summed E-state index contributed by atoms with van der Waals surface area (Å²) in [7, 11) is 0. The Labute approximate surface area is 111 Å². The molecular weight excluding hydrogens is 243 g/mol. The number of benzene rings is 2. The van der Waals surface area contributed by atoms with Gasteiger partial charge in [0.25, 0.3) is 5.91 Å². The predicted octanol–water partition coefficient (Wildman–Crippen LogP) is 3.28. The molecule has 0 bridgehead atoms. The minimum Gasteiger partial charge on any atom is -0.397 e. The van der Waals surface area contributed by atoms with Crippen molar-refractivity contribution in [3.05, 3.63) is 58.9 Å². The SMILES string of the molecule is Cc1ccc(N)c(NC(=O)c2cc(C)ccc2F)c1.